The third-order valence-corrected chi connectivity index (χ3v) is 4.86. The van der Waals surface area contributed by atoms with Crippen molar-refractivity contribution >= 4 is 29.3 Å². The molecule has 0 saturated carbocycles. The molecule has 2 aromatic carbocycles. The largest absolute Gasteiger partial charge is 0.494 e. The third kappa shape index (κ3) is 6.32. The molecule has 0 aromatic heterocycles. The number of benzene rings is 2. The van der Waals surface area contributed by atoms with Crippen molar-refractivity contribution in [3.05, 3.63) is 54.1 Å². The number of likely N-dealkylation sites (N-methyl/N-ethyl adjacent to an activating group) is 1. The molecule has 0 aliphatic rings. The number of thioether (sulfide) groups is 1. The van der Waals surface area contributed by atoms with Crippen molar-refractivity contribution < 1.29 is 14.3 Å². The first-order chi connectivity index (χ1) is 13.0. The Morgan fingerprint density at radius 3 is 2.56 bits per heavy atom. The number of para-hydroxylation sites is 2. The maximum atomic E-state index is 12.4. The number of nitrogens with zero attached hydrogens (tertiary/aromatic N) is 1. The second-order valence-electron chi connectivity index (χ2n) is 6.04. The summed E-state index contributed by atoms with van der Waals surface area (Å²) < 4.78 is 5.59. The zero-order chi connectivity index (χ0) is 19.6. The van der Waals surface area contributed by atoms with E-state index in [-0.39, 0.29) is 18.4 Å². The van der Waals surface area contributed by atoms with Crippen molar-refractivity contribution in [1.29, 1.82) is 0 Å². The number of carbonyl (C=O) groups excluding carboxylic acids is 2. The molecular weight excluding hydrogens is 360 g/mol. The number of hydrogen-bond acceptors (Lipinski definition) is 4. The first kappa shape index (κ1) is 20.8. The van der Waals surface area contributed by atoms with E-state index in [0.717, 1.165) is 21.9 Å². The van der Waals surface area contributed by atoms with Gasteiger partial charge in [0.25, 0.3) is 0 Å². The minimum Gasteiger partial charge on any atom is -0.494 e. The molecule has 144 valence electrons. The number of hydrogen-bond donors (Lipinski definition) is 1. The molecule has 0 aliphatic carbocycles. The molecule has 5 nitrogen and oxygen atoms in total. The summed E-state index contributed by atoms with van der Waals surface area (Å²) in [5.74, 6) is 0.526. The zero-order valence-electron chi connectivity index (χ0n) is 16.0. The Hall–Kier alpha value is -2.47. The molecule has 0 unspecified atom stereocenters. The molecule has 2 aromatic rings. The van der Waals surface area contributed by atoms with Crippen LogP contribution in [0.2, 0.25) is 0 Å². The van der Waals surface area contributed by atoms with E-state index in [0.29, 0.717) is 19.4 Å². The molecule has 6 heteroatoms. The van der Waals surface area contributed by atoms with Gasteiger partial charge >= 0.3 is 0 Å². The molecular formula is C21H26N2O3S. The standard InChI is InChI=1S/C21H26N2O3S/c1-4-26-18-11-7-5-9-16(18)13-14-21(25)23(2)15-20(24)22-17-10-6-8-12-19(17)27-3/h5-12H,4,13-15H2,1-3H3,(H,22,24). The number of nitrogens with one attached hydrogen (secondary N) is 1. The van der Waals surface area contributed by atoms with Crippen molar-refractivity contribution in [2.75, 3.05) is 31.8 Å². The highest BCUT2D eigenvalue weighted by atomic mass is 32.2. The fraction of sp³-hybridized carbons (Fsp3) is 0.333. The minimum atomic E-state index is -0.206. The Morgan fingerprint density at radius 1 is 1.11 bits per heavy atom. The van der Waals surface area contributed by atoms with Crippen LogP contribution in [0.5, 0.6) is 5.75 Å². The molecule has 0 saturated heterocycles. The van der Waals surface area contributed by atoms with Crippen LogP contribution in [0.15, 0.2) is 53.4 Å². The van der Waals surface area contributed by atoms with E-state index in [1.165, 1.54) is 4.90 Å². The summed E-state index contributed by atoms with van der Waals surface area (Å²) in [6.07, 6.45) is 2.87. The monoisotopic (exact) mass is 386 g/mol. The van der Waals surface area contributed by atoms with Crippen LogP contribution < -0.4 is 10.1 Å². The highest BCUT2D eigenvalue weighted by molar-refractivity contribution is 7.98. The lowest BCUT2D eigenvalue weighted by Gasteiger charge is -2.18. The quantitative estimate of drug-likeness (QED) is 0.665. The third-order valence-electron chi connectivity index (χ3n) is 4.07. The van der Waals surface area contributed by atoms with Gasteiger partial charge in [0.1, 0.15) is 5.75 Å². The van der Waals surface area contributed by atoms with Gasteiger partial charge in [0.05, 0.1) is 18.8 Å². The lowest BCUT2D eigenvalue weighted by atomic mass is 10.1. The minimum absolute atomic E-state index is 0.0225. The van der Waals surface area contributed by atoms with E-state index in [1.54, 1.807) is 18.8 Å². The number of ether oxygens (including phenoxy) is 1. The van der Waals surface area contributed by atoms with E-state index >= 15 is 0 Å². The lowest BCUT2D eigenvalue weighted by molar-refractivity contribution is -0.133. The van der Waals surface area contributed by atoms with E-state index in [9.17, 15) is 9.59 Å². The second-order valence-corrected chi connectivity index (χ2v) is 6.89. The van der Waals surface area contributed by atoms with Gasteiger partial charge in [-0.2, -0.15) is 0 Å². The van der Waals surface area contributed by atoms with Crippen molar-refractivity contribution in [3.63, 3.8) is 0 Å². The zero-order valence-corrected chi connectivity index (χ0v) is 16.8. The first-order valence-corrected chi connectivity index (χ1v) is 10.1. The van der Waals surface area contributed by atoms with Crippen LogP contribution >= 0.6 is 11.8 Å². The number of aryl methyl sites for hydroxylation is 1. The highest BCUT2D eigenvalue weighted by Crippen LogP contribution is 2.24. The molecule has 0 aliphatic heterocycles. The van der Waals surface area contributed by atoms with E-state index < -0.39 is 0 Å². The summed E-state index contributed by atoms with van der Waals surface area (Å²) in [6, 6.07) is 15.3. The van der Waals surface area contributed by atoms with Crippen molar-refractivity contribution in [2.24, 2.45) is 0 Å². The van der Waals surface area contributed by atoms with Crippen LogP contribution in [-0.4, -0.2) is 43.2 Å². The summed E-state index contributed by atoms with van der Waals surface area (Å²) in [5.41, 5.74) is 1.76. The molecule has 0 bridgehead atoms. The van der Waals surface area contributed by atoms with Crippen molar-refractivity contribution in [1.82, 2.24) is 4.90 Å². The molecule has 2 rings (SSSR count). The second kappa shape index (κ2) is 10.6. The number of anilines is 1. The van der Waals surface area contributed by atoms with E-state index in [4.69, 9.17) is 4.74 Å². The molecule has 0 atom stereocenters. The predicted octanol–water partition coefficient (Wildman–Crippen LogP) is 3.84. The fourth-order valence-corrected chi connectivity index (χ4v) is 3.23. The molecule has 0 radical (unpaired) electrons. The topological polar surface area (TPSA) is 58.6 Å². The molecule has 0 fully saturated rings. The van der Waals surface area contributed by atoms with Crippen LogP contribution in [0.1, 0.15) is 18.9 Å². The predicted molar refractivity (Wildman–Crippen MR) is 110 cm³/mol. The molecule has 2 amide bonds. The molecule has 0 spiro atoms. The van der Waals surface area contributed by atoms with Crippen molar-refractivity contribution in [2.45, 2.75) is 24.7 Å². The van der Waals surface area contributed by atoms with Crippen molar-refractivity contribution in [3.8, 4) is 5.75 Å². The van der Waals surface area contributed by atoms with Crippen LogP contribution in [0.25, 0.3) is 0 Å². The summed E-state index contributed by atoms with van der Waals surface area (Å²) in [7, 11) is 1.65. The van der Waals surface area contributed by atoms with Gasteiger partial charge in [-0.15, -0.1) is 11.8 Å². The smallest absolute Gasteiger partial charge is 0.244 e. The Bertz CT molecular complexity index is 780. The van der Waals surface area contributed by atoms with Crippen LogP contribution in [0, 0.1) is 0 Å². The maximum absolute atomic E-state index is 12.4. The number of carbonyl (C=O) groups is 2. The van der Waals surface area contributed by atoms with Gasteiger partial charge in [0.2, 0.25) is 11.8 Å². The summed E-state index contributed by atoms with van der Waals surface area (Å²) >= 11 is 1.57. The Labute approximate surface area is 165 Å². The van der Waals surface area contributed by atoms with Gasteiger partial charge in [-0.25, -0.2) is 0 Å². The first-order valence-electron chi connectivity index (χ1n) is 8.92. The molecule has 1 N–H and O–H groups in total. The average Bonchev–Trinajstić information content (AvgIpc) is 2.67. The molecule has 27 heavy (non-hydrogen) atoms. The van der Waals surface area contributed by atoms with Gasteiger partial charge in [-0.1, -0.05) is 30.3 Å². The van der Waals surface area contributed by atoms with Gasteiger partial charge in [0.15, 0.2) is 0 Å². The van der Waals surface area contributed by atoms with Gasteiger partial charge in [0, 0.05) is 18.4 Å². The SMILES string of the molecule is CCOc1ccccc1CCC(=O)N(C)CC(=O)Nc1ccccc1SC. The fourth-order valence-electron chi connectivity index (χ4n) is 2.68. The number of amides is 2. The Kier molecular flexibility index (Phi) is 8.20. The summed E-state index contributed by atoms with van der Waals surface area (Å²) in [5, 5.41) is 2.87. The lowest BCUT2D eigenvalue weighted by Crippen LogP contribution is -2.35. The summed E-state index contributed by atoms with van der Waals surface area (Å²) in [6.45, 7) is 2.54. The van der Waals surface area contributed by atoms with Gasteiger partial charge in [-0.3, -0.25) is 9.59 Å². The Morgan fingerprint density at radius 2 is 1.81 bits per heavy atom. The molecule has 0 heterocycles. The normalized spacial score (nSPS) is 10.3. The average molecular weight is 387 g/mol. The van der Waals surface area contributed by atoms with Gasteiger partial charge < -0.3 is 15.0 Å². The highest BCUT2D eigenvalue weighted by Gasteiger charge is 2.15. The number of rotatable bonds is 9. The van der Waals surface area contributed by atoms with Crippen LogP contribution in [0.4, 0.5) is 5.69 Å². The van der Waals surface area contributed by atoms with Gasteiger partial charge in [-0.05, 0) is 43.4 Å². The van der Waals surface area contributed by atoms with Crippen LogP contribution in [0.3, 0.4) is 0 Å². The maximum Gasteiger partial charge on any atom is 0.244 e. The van der Waals surface area contributed by atoms with E-state index in [2.05, 4.69) is 5.32 Å². The van der Waals surface area contributed by atoms with Crippen LogP contribution in [-0.2, 0) is 16.0 Å². The van der Waals surface area contributed by atoms with E-state index in [1.807, 2.05) is 61.7 Å². The Balaban J connectivity index is 1.87. The summed E-state index contributed by atoms with van der Waals surface area (Å²) in [4.78, 5) is 27.1.